The summed E-state index contributed by atoms with van der Waals surface area (Å²) in [5.41, 5.74) is 1.26. The molecule has 1 amide bonds. The molecule has 0 bridgehead atoms. The second-order valence-corrected chi connectivity index (χ2v) is 8.10. The molecule has 1 saturated carbocycles. The van der Waals surface area contributed by atoms with Gasteiger partial charge in [-0.25, -0.2) is 4.99 Å². The summed E-state index contributed by atoms with van der Waals surface area (Å²) < 4.78 is 11.3. The molecule has 30 heavy (non-hydrogen) atoms. The fraction of sp³-hybridized carbons (Fsp3) is 0.500. The molecule has 0 unspecified atom stereocenters. The number of hydrogen-bond acceptors (Lipinski definition) is 7. The predicted octanol–water partition coefficient (Wildman–Crippen LogP) is 3.09. The maximum atomic E-state index is 13.1. The highest BCUT2D eigenvalue weighted by molar-refractivity contribution is 6.17. The Morgan fingerprint density at radius 3 is 3.03 bits per heavy atom. The van der Waals surface area contributed by atoms with Crippen LogP contribution in [-0.4, -0.2) is 60.1 Å². The van der Waals surface area contributed by atoms with E-state index in [1.54, 1.807) is 12.6 Å². The van der Waals surface area contributed by atoms with Gasteiger partial charge in [0.15, 0.2) is 0 Å². The van der Waals surface area contributed by atoms with Gasteiger partial charge in [-0.1, -0.05) is 12.8 Å². The molecule has 4 heterocycles. The van der Waals surface area contributed by atoms with Gasteiger partial charge in [0, 0.05) is 25.7 Å². The van der Waals surface area contributed by atoms with Gasteiger partial charge in [0.25, 0.3) is 5.91 Å². The van der Waals surface area contributed by atoms with Crippen LogP contribution in [0.1, 0.15) is 53.1 Å². The topological polar surface area (TPSA) is 86.6 Å². The highest BCUT2D eigenvalue weighted by atomic mass is 16.4. The summed E-state index contributed by atoms with van der Waals surface area (Å²) in [5.74, 6) is 2.67. The molecule has 2 aromatic rings. The van der Waals surface area contributed by atoms with Crippen molar-refractivity contribution in [3.05, 3.63) is 41.0 Å². The maximum absolute atomic E-state index is 13.1. The fourth-order valence-corrected chi connectivity index (χ4v) is 4.68. The van der Waals surface area contributed by atoms with Crippen molar-refractivity contribution in [3.8, 4) is 0 Å². The minimum atomic E-state index is -0.131. The van der Waals surface area contributed by atoms with Gasteiger partial charge in [0.1, 0.15) is 23.7 Å². The van der Waals surface area contributed by atoms with Gasteiger partial charge >= 0.3 is 0 Å². The summed E-state index contributed by atoms with van der Waals surface area (Å²) >= 11 is 0. The van der Waals surface area contributed by atoms with Crippen LogP contribution in [0.2, 0.25) is 0 Å². The molecule has 1 N–H and O–H groups in total. The molecule has 2 aromatic heterocycles. The number of amidine groups is 1. The van der Waals surface area contributed by atoms with E-state index in [2.05, 4.69) is 20.2 Å². The molecule has 5 rings (SSSR count). The summed E-state index contributed by atoms with van der Waals surface area (Å²) in [5, 5.41) is 3.09. The minimum Gasteiger partial charge on any atom is -0.468 e. The predicted molar refractivity (Wildman–Crippen MR) is 113 cm³/mol. The van der Waals surface area contributed by atoms with Crippen molar-refractivity contribution in [2.24, 2.45) is 9.98 Å². The van der Waals surface area contributed by atoms with Crippen LogP contribution in [0.25, 0.3) is 0 Å². The summed E-state index contributed by atoms with van der Waals surface area (Å²) in [6, 6.07) is 4.48. The first-order chi connectivity index (χ1) is 14.7. The number of rotatable bonds is 7. The molecule has 0 saturated heterocycles. The average molecular weight is 409 g/mol. The molecule has 8 nitrogen and oxygen atoms in total. The third-order valence-electron chi connectivity index (χ3n) is 6.17. The monoisotopic (exact) mass is 409 g/mol. The summed E-state index contributed by atoms with van der Waals surface area (Å²) in [6.45, 7) is 5.41. The van der Waals surface area contributed by atoms with Crippen LogP contribution in [-0.2, 0) is 6.54 Å². The molecule has 1 aliphatic carbocycles. The number of carbonyl (C=O) groups is 1. The lowest BCUT2D eigenvalue weighted by atomic mass is 10.1. The largest absolute Gasteiger partial charge is 0.468 e. The Kier molecular flexibility index (Phi) is 5.16. The van der Waals surface area contributed by atoms with Crippen molar-refractivity contribution in [2.45, 2.75) is 45.2 Å². The molecule has 3 aliphatic rings. The Hall–Kier alpha value is -2.87. The van der Waals surface area contributed by atoms with Crippen molar-refractivity contribution >= 4 is 24.0 Å². The van der Waals surface area contributed by atoms with Crippen LogP contribution in [0.5, 0.6) is 0 Å². The van der Waals surface area contributed by atoms with E-state index in [1.807, 2.05) is 24.0 Å². The van der Waals surface area contributed by atoms with Crippen LogP contribution in [0.4, 0.5) is 5.88 Å². The van der Waals surface area contributed by atoms with Crippen LogP contribution in [0, 0.1) is 6.92 Å². The summed E-state index contributed by atoms with van der Waals surface area (Å²) in [4.78, 5) is 26.4. The fourth-order valence-electron chi connectivity index (χ4n) is 4.68. The highest BCUT2D eigenvalue weighted by Gasteiger charge is 2.33. The van der Waals surface area contributed by atoms with Crippen molar-refractivity contribution in [1.29, 1.82) is 0 Å². The molecule has 8 heteroatoms. The average Bonchev–Trinajstić information content (AvgIpc) is 3.52. The second kappa shape index (κ2) is 8.10. The van der Waals surface area contributed by atoms with E-state index in [9.17, 15) is 4.79 Å². The van der Waals surface area contributed by atoms with Crippen molar-refractivity contribution in [2.75, 3.05) is 26.2 Å². The molecule has 158 valence electrons. The van der Waals surface area contributed by atoms with E-state index in [4.69, 9.17) is 8.83 Å². The lowest BCUT2D eigenvalue weighted by molar-refractivity contribution is 0.0939. The van der Waals surface area contributed by atoms with Crippen molar-refractivity contribution < 1.29 is 13.6 Å². The third-order valence-corrected chi connectivity index (χ3v) is 6.17. The SMILES string of the molecule is Cc1oc2c(c1C(=O)NCCN(Cc1ccco1)C1CCCC1)C1=NCCN1C=N2. The smallest absolute Gasteiger partial charge is 0.255 e. The molecule has 0 atom stereocenters. The quantitative estimate of drug-likeness (QED) is 0.759. The van der Waals surface area contributed by atoms with Crippen LogP contribution >= 0.6 is 0 Å². The highest BCUT2D eigenvalue weighted by Crippen LogP contribution is 2.34. The van der Waals surface area contributed by atoms with Crippen LogP contribution in [0.15, 0.2) is 37.2 Å². The number of aliphatic imine (C=N–C) groups is 2. The van der Waals surface area contributed by atoms with E-state index in [0.29, 0.717) is 41.9 Å². The molecule has 1 fully saturated rings. The molecule has 2 aliphatic heterocycles. The Morgan fingerprint density at radius 2 is 2.23 bits per heavy atom. The van der Waals surface area contributed by atoms with E-state index in [0.717, 1.165) is 31.2 Å². The zero-order valence-electron chi connectivity index (χ0n) is 17.3. The molecule has 0 spiro atoms. The van der Waals surface area contributed by atoms with E-state index in [-0.39, 0.29) is 5.91 Å². The lowest BCUT2D eigenvalue weighted by Gasteiger charge is -2.28. The zero-order valence-corrected chi connectivity index (χ0v) is 17.3. The number of carbonyl (C=O) groups excluding carboxylic acids is 1. The first kappa shape index (κ1) is 19.1. The minimum absolute atomic E-state index is 0.131. The van der Waals surface area contributed by atoms with Gasteiger partial charge in [-0.2, -0.15) is 0 Å². The van der Waals surface area contributed by atoms with Crippen LogP contribution in [0.3, 0.4) is 0 Å². The number of nitrogens with zero attached hydrogens (tertiary/aromatic N) is 4. The second-order valence-electron chi connectivity index (χ2n) is 8.10. The standard InChI is InChI=1S/C22H27N5O3/c1-15-18(19-20-23-8-11-27(20)14-25-22(19)30-15)21(28)24-9-10-26(16-5-2-3-6-16)13-17-7-4-12-29-17/h4,7,12,14,16H,2-3,5-6,8-11,13H2,1H3,(H,24,28). The maximum Gasteiger partial charge on any atom is 0.255 e. The van der Waals surface area contributed by atoms with Crippen molar-refractivity contribution in [1.82, 2.24) is 15.1 Å². The molecule has 0 radical (unpaired) electrons. The van der Waals surface area contributed by atoms with Crippen molar-refractivity contribution in [3.63, 3.8) is 0 Å². The number of furan rings is 2. The zero-order chi connectivity index (χ0) is 20.5. The normalized spacial score (nSPS) is 18.1. The van der Waals surface area contributed by atoms with Gasteiger partial charge in [-0.3, -0.25) is 14.7 Å². The van der Waals surface area contributed by atoms with Gasteiger partial charge < -0.3 is 19.1 Å². The Bertz CT molecular complexity index is 969. The lowest BCUT2D eigenvalue weighted by Crippen LogP contribution is -2.40. The van der Waals surface area contributed by atoms with E-state index < -0.39 is 0 Å². The first-order valence-corrected chi connectivity index (χ1v) is 10.7. The van der Waals surface area contributed by atoms with Crippen LogP contribution < -0.4 is 5.32 Å². The Morgan fingerprint density at radius 1 is 1.37 bits per heavy atom. The molecule has 0 aromatic carbocycles. The summed E-state index contributed by atoms with van der Waals surface area (Å²) in [7, 11) is 0. The number of aryl methyl sites for hydroxylation is 1. The number of nitrogens with one attached hydrogen (secondary N) is 1. The Labute approximate surface area is 175 Å². The number of hydrogen-bond donors (Lipinski definition) is 1. The van der Waals surface area contributed by atoms with Gasteiger partial charge in [0.2, 0.25) is 5.88 Å². The summed E-state index contributed by atoms with van der Waals surface area (Å²) in [6.07, 6.45) is 8.39. The first-order valence-electron chi connectivity index (χ1n) is 10.7. The number of fused-ring (bicyclic) bond motifs is 3. The Balaban J connectivity index is 1.27. The molecular formula is C22H27N5O3. The van der Waals surface area contributed by atoms with E-state index in [1.165, 1.54) is 25.7 Å². The molecular weight excluding hydrogens is 382 g/mol. The van der Waals surface area contributed by atoms with E-state index >= 15 is 0 Å². The number of amides is 1. The van der Waals surface area contributed by atoms with Gasteiger partial charge in [0.05, 0.1) is 30.5 Å². The van der Waals surface area contributed by atoms with Gasteiger partial charge in [-0.05, 0) is 31.9 Å². The third kappa shape index (κ3) is 3.56. The van der Waals surface area contributed by atoms with Gasteiger partial charge in [-0.15, -0.1) is 0 Å².